The predicted molar refractivity (Wildman–Crippen MR) is 78.2 cm³/mol. The Balaban J connectivity index is 2.74. The monoisotopic (exact) mass is 319 g/mol. The van der Waals surface area contributed by atoms with Crippen molar-refractivity contribution in [3.63, 3.8) is 0 Å². The van der Waals surface area contributed by atoms with E-state index in [0.29, 0.717) is 11.6 Å². The molecule has 0 aliphatic carbocycles. The van der Waals surface area contributed by atoms with Crippen molar-refractivity contribution in [1.29, 1.82) is 0 Å². The Morgan fingerprint density at radius 1 is 1.35 bits per heavy atom. The Labute approximate surface area is 124 Å². The number of hydrogen-bond acceptors (Lipinski definition) is 3. The van der Waals surface area contributed by atoms with Crippen LogP contribution in [-0.2, 0) is 21.4 Å². The summed E-state index contributed by atoms with van der Waals surface area (Å²) in [6.45, 7) is 2.26. The van der Waals surface area contributed by atoms with Crippen LogP contribution < -0.4 is 0 Å². The van der Waals surface area contributed by atoms with Gasteiger partial charge in [-0.05, 0) is 18.1 Å². The van der Waals surface area contributed by atoms with Crippen molar-refractivity contribution in [3.8, 4) is 0 Å². The Morgan fingerprint density at radius 3 is 2.55 bits per heavy atom. The van der Waals surface area contributed by atoms with Crippen molar-refractivity contribution < 1.29 is 18.3 Å². The van der Waals surface area contributed by atoms with E-state index in [1.165, 1.54) is 4.31 Å². The van der Waals surface area contributed by atoms with Gasteiger partial charge >= 0.3 is 5.97 Å². The van der Waals surface area contributed by atoms with Crippen LogP contribution in [0.2, 0.25) is 5.02 Å². The van der Waals surface area contributed by atoms with Crippen LogP contribution in [0, 0.1) is 0 Å². The largest absolute Gasteiger partial charge is 0.481 e. The Hall–Kier alpha value is -1.11. The molecule has 0 bridgehead atoms. The minimum absolute atomic E-state index is 0.108. The summed E-state index contributed by atoms with van der Waals surface area (Å²) < 4.78 is 25.6. The number of carboxylic acids is 1. The quantitative estimate of drug-likeness (QED) is 0.798. The average molecular weight is 320 g/mol. The van der Waals surface area contributed by atoms with Gasteiger partial charge in [0, 0.05) is 24.5 Å². The molecular formula is C13H18ClNO4S. The van der Waals surface area contributed by atoms with Crippen LogP contribution in [0.25, 0.3) is 0 Å². The van der Waals surface area contributed by atoms with Gasteiger partial charge in [-0.15, -0.1) is 0 Å². The molecule has 0 atom stereocenters. The zero-order chi connectivity index (χ0) is 15.2. The number of halogens is 1. The second kappa shape index (κ2) is 7.61. The molecule has 1 aromatic rings. The van der Waals surface area contributed by atoms with Crippen molar-refractivity contribution in [2.75, 3.05) is 12.3 Å². The van der Waals surface area contributed by atoms with Crippen LogP contribution in [0.3, 0.4) is 0 Å². The van der Waals surface area contributed by atoms with Crippen LogP contribution in [0.1, 0.15) is 25.3 Å². The second-order valence-electron chi connectivity index (χ2n) is 4.33. The molecule has 0 heterocycles. The van der Waals surface area contributed by atoms with Crippen molar-refractivity contribution in [2.45, 2.75) is 26.3 Å². The number of rotatable bonds is 8. The van der Waals surface area contributed by atoms with Gasteiger partial charge in [-0.1, -0.05) is 36.7 Å². The van der Waals surface area contributed by atoms with Gasteiger partial charge in [0.25, 0.3) is 0 Å². The minimum atomic E-state index is -3.47. The summed E-state index contributed by atoms with van der Waals surface area (Å²) in [7, 11) is -3.47. The summed E-state index contributed by atoms with van der Waals surface area (Å²) >= 11 is 6.02. The van der Waals surface area contributed by atoms with Crippen molar-refractivity contribution in [2.24, 2.45) is 0 Å². The summed E-state index contributed by atoms with van der Waals surface area (Å²) in [6, 6.07) is 7.06. The van der Waals surface area contributed by atoms with Gasteiger partial charge in [0.05, 0.1) is 5.75 Å². The summed E-state index contributed by atoms with van der Waals surface area (Å²) in [6.07, 6.45) is -0.0421. The average Bonchev–Trinajstić information content (AvgIpc) is 2.36. The molecule has 0 radical (unpaired) electrons. The molecular weight excluding hydrogens is 302 g/mol. The van der Waals surface area contributed by atoms with Crippen molar-refractivity contribution >= 4 is 27.6 Å². The fraction of sp³-hybridized carbons (Fsp3) is 0.462. The maximum absolute atomic E-state index is 12.1. The molecule has 1 aromatic carbocycles. The highest BCUT2D eigenvalue weighted by Crippen LogP contribution is 2.19. The van der Waals surface area contributed by atoms with E-state index in [9.17, 15) is 13.2 Å². The first-order valence-corrected chi connectivity index (χ1v) is 8.28. The normalized spacial score (nSPS) is 11.8. The molecule has 1 N–H and O–H groups in total. The first-order valence-electron chi connectivity index (χ1n) is 6.30. The van der Waals surface area contributed by atoms with Gasteiger partial charge in [0.2, 0.25) is 10.0 Å². The van der Waals surface area contributed by atoms with E-state index in [0.717, 1.165) is 5.56 Å². The van der Waals surface area contributed by atoms with E-state index in [4.69, 9.17) is 16.7 Å². The second-order valence-corrected chi connectivity index (χ2v) is 6.83. The molecule has 20 heavy (non-hydrogen) atoms. The summed E-state index contributed by atoms with van der Waals surface area (Å²) in [5.74, 6) is -1.16. The molecule has 0 aliphatic rings. The smallest absolute Gasteiger partial charge is 0.303 e. The summed E-state index contributed by atoms with van der Waals surface area (Å²) in [5.41, 5.74) is 0.734. The minimum Gasteiger partial charge on any atom is -0.481 e. The number of nitrogens with zero attached hydrogens (tertiary/aromatic N) is 1. The van der Waals surface area contributed by atoms with E-state index in [-0.39, 0.29) is 25.1 Å². The molecule has 112 valence electrons. The molecule has 0 amide bonds. The first kappa shape index (κ1) is 16.9. The highest BCUT2D eigenvalue weighted by Gasteiger charge is 2.21. The summed E-state index contributed by atoms with van der Waals surface area (Å²) in [4.78, 5) is 10.4. The van der Waals surface area contributed by atoms with Gasteiger partial charge in [-0.25, -0.2) is 8.42 Å². The maximum atomic E-state index is 12.1. The van der Waals surface area contributed by atoms with Crippen LogP contribution in [0.5, 0.6) is 0 Å². The number of sulfonamides is 1. The Morgan fingerprint density at radius 2 is 2.00 bits per heavy atom. The van der Waals surface area contributed by atoms with Gasteiger partial charge < -0.3 is 5.11 Å². The van der Waals surface area contributed by atoms with E-state index < -0.39 is 16.0 Å². The number of carbonyl (C=O) groups is 1. The fourth-order valence-electron chi connectivity index (χ4n) is 1.76. The molecule has 0 saturated carbocycles. The molecule has 0 aromatic heterocycles. The molecule has 0 unspecified atom stereocenters. The van der Waals surface area contributed by atoms with Crippen LogP contribution in [-0.4, -0.2) is 36.1 Å². The molecule has 1 rings (SSSR count). The number of benzene rings is 1. The zero-order valence-corrected chi connectivity index (χ0v) is 12.8. The third-order valence-corrected chi connectivity index (χ3v) is 5.19. The lowest BCUT2D eigenvalue weighted by Gasteiger charge is -2.21. The molecule has 7 heteroatoms. The predicted octanol–water partition coefficient (Wildman–Crippen LogP) is 2.36. The lowest BCUT2D eigenvalue weighted by molar-refractivity contribution is -0.137. The van der Waals surface area contributed by atoms with E-state index in [1.54, 1.807) is 31.2 Å². The topological polar surface area (TPSA) is 74.7 Å². The lowest BCUT2D eigenvalue weighted by Crippen LogP contribution is -2.32. The molecule has 0 fully saturated rings. The summed E-state index contributed by atoms with van der Waals surface area (Å²) in [5, 5.41) is 9.07. The van der Waals surface area contributed by atoms with Crippen LogP contribution in [0.15, 0.2) is 24.3 Å². The van der Waals surface area contributed by atoms with Gasteiger partial charge in [0.1, 0.15) is 0 Å². The number of aliphatic carboxylic acids is 1. The Bertz CT molecular complexity index is 559. The standard InChI is InChI=1S/C13H18ClNO4S/c1-2-15(10-11-6-3-4-7-12(11)14)20(18,19)9-5-8-13(16)17/h3-4,6-7H,2,5,8-10H2,1H3,(H,16,17). The highest BCUT2D eigenvalue weighted by molar-refractivity contribution is 7.89. The molecule has 0 aliphatic heterocycles. The van der Waals surface area contributed by atoms with Gasteiger partial charge in [0.15, 0.2) is 0 Å². The fourth-order valence-corrected chi connectivity index (χ4v) is 3.45. The highest BCUT2D eigenvalue weighted by atomic mass is 35.5. The first-order chi connectivity index (χ1) is 9.36. The molecule has 5 nitrogen and oxygen atoms in total. The van der Waals surface area contributed by atoms with E-state index >= 15 is 0 Å². The number of hydrogen-bond donors (Lipinski definition) is 1. The van der Waals surface area contributed by atoms with Crippen LogP contribution in [0.4, 0.5) is 0 Å². The zero-order valence-electron chi connectivity index (χ0n) is 11.3. The van der Waals surface area contributed by atoms with E-state index in [1.807, 2.05) is 0 Å². The van der Waals surface area contributed by atoms with E-state index in [2.05, 4.69) is 0 Å². The molecule has 0 saturated heterocycles. The van der Waals surface area contributed by atoms with Crippen molar-refractivity contribution in [3.05, 3.63) is 34.9 Å². The van der Waals surface area contributed by atoms with Gasteiger partial charge in [-0.2, -0.15) is 4.31 Å². The van der Waals surface area contributed by atoms with Crippen LogP contribution >= 0.6 is 11.6 Å². The number of carboxylic acid groups (broad SMARTS) is 1. The van der Waals surface area contributed by atoms with Gasteiger partial charge in [-0.3, -0.25) is 4.79 Å². The Kier molecular flexibility index (Phi) is 6.45. The third-order valence-electron chi connectivity index (χ3n) is 2.84. The SMILES string of the molecule is CCN(Cc1ccccc1Cl)S(=O)(=O)CCCC(=O)O. The maximum Gasteiger partial charge on any atom is 0.303 e. The van der Waals surface area contributed by atoms with Crippen molar-refractivity contribution in [1.82, 2.24) is 4.31 Å². The lowest BCUT2D eigenvalue weighted by atomic mass is 10.2. The molecule has 0 spiro atoms. The third kappa shape index (κ3) is 5.11.